The van der Waals surface area contributed by atoms with Crippen LogP contribution in [0.4, 0.5) is 0 Å². The first-order chi connectivity index (χ1) is 20.3. The molecule has 0 aliphatic rings. The molecule has 0 saturated carbocycles. The van der Waals surface area contributed by atoms with Crippen LogP contribution in [0.1, 0.15) is 74.0 Å². The largest absolute Gasteiger partial charge is 2.00 e. The molecule has 0 atom stereocenters. The third-order valence-electron chi connectivity index (χ3n) is 6.18. The zero-order valence-corrected chi connectivity index (χ0v) is 29.5. The average Bonchev–Trinajstić information content (AvgIpc) is 3.03. The minimum Gasteiger partial charge on any atom is -1.00 e. The number of carbonyl (C=O) groups excluding carboxylic acids is 1. The number of hydrogen-bond donors (Lipinski definition) is 0. The fourth-order valence-corrected chi connectivity index (χ4v) is 3.41. The molecule has 228 valence electrons. The Bertz CT molecular complexity index is 1320. The number of ether oxygens (including phenoxy) is 2. The molecule has 4 aromatic rings. The maximum absolute atomic E-state index is 12.0. The third kappa shape index (κ3) is 17.9. The van der Waals surface area contributed by atoms with Gasteiger partial charge in [-0.2, -0.15) is 11.7 Å². The van der Waals surface area contributed by atoms with Crippen molar-refractivity contribution in [1.29, 1.82) is 5.26 Å². The fourth-order valence-electron chi connectivity index (χ4n) is 3.41. The SMILES string of the molecule is CC(C)CCC(=O)c1ccc(OCc2ccccc2)cc1.N#Cc1ccc(OCc2ccccc2)cc1.[Br-].[CH2-]CC(C)C.[Mg+2]. The predicted molar refractivity (Wildman–Crippen MR) is 178 cm³/mol. The van der Waals surface area contributed by atoms with Crippen molar-refractivity contribution < 1.29 is 31.2 Å². The van der Waals surface area contributed by atoms with E-state index in [4.69, 9.17) is 14.7 Å². The number of nitriles is 1. The van der Waals surface area contributed by atoms with Crippen LogP contribution in [-0.2, 0) is 13.2 Å². The zero-order valence-electron chi connectivity index (χ0n) is 26.5. The molecule has 0 aliphatic heterocycles. The van der Waals surface area contributed by atoms with Gasteiger partial charge < -0.3 is 33.4 Å². The minimum absolute atomic E-state index is 0. The van der Waals surface area contributed by atoms with E-state index in [1.165, 1.54) is 0 Å². The van der Waals surface area contributed by atoms with Gasteiger partial charge in [0.05, 0.1) is 11.6 Å². The second-order valence-electron chi connectivity index (χ2n) is 10.7. The summed E-state index contributed by atoms with van der Waals surface area (Å²) in [7, 11) is 0. The molecule has 0 amide bonds. The summed E-state index contributed by atoms with van der Waals surface area (Å²) >= 11 is 0. The quantitative estimate of drug-likeness (QED) is 0.104. The number of benzene rings is 4. The van der Waals surface area contributed by atoms with E-state index in [0.29, 0.717) is 31.1 Å². The Balaban J connectivity index is 0.000000716. The first-order valence-electron chi connectivity index (χ1n) is 14.6. The van der Waals surface area contributed by atoms with Crippen LogP contribution in [0.25, 0.3) is 0 Å². The van der Waals surface area contributed by atoms with Crippen molar-refractivity contribution in [3.63, 3.8) is 0 Å². The van der Waals surface area contributed by atoms with Crippen LogP contribution in [0.3, 0.4) is 0 Å². The van der Waals surface area contributed by atoms with Crippen molar-refractivity contribution in [2.75, 3.05) is 0 Å². The molecule has 0 unspecified atom stereocenters. The van der Waals surface area contributed by atoms with Gasteiger partial charge in [-0.25, -0.2) is 0 Å². The Labute approximate surface area is 291 Å². The summed E-state index contributed by atoms with van der Waals surface area (Å²) in [6.07, 6.45) is 2.60. The van der Waals surface area contributed by atoms with Crippen LogP contribution in [-0.4, -0.2) is 28.8 Å². The van der Waals surface area contributed by atoms with Gasteiger partial charge in [-0.3, -0.25) is 4.79 Å². The summed E-state index contributed by atoms with van der Waals surface area (Å²) in [6.45, 7) is 13.4. The summed E-state index contributed by atoms with van der Waals surface area (Å²) in [5.74, 6) is 3.11. The summed E-state index contributed by atoms with van der Waals surface area (Å²) in [5, 5.41) is 8.65. The number of nitrogens with zero attached hydrogens (tertiary/aromatic N) is 1. The molecular weight excluding hydrogens is 623 g/mol. The number of carbonyl (C=O) groups is 1. The van der Waals surface area contributed by atoms with Gasteiger partial charge in [-0.15, -0.1) is 0 Å². The van der Waals surface area contributed by atoms with Crippen molar-refractivity contribution in [2.45, 2.75) is 60.2 Å². The molecule has 44 heavy (non-hydrogen) atoms. The third-order valence-corrected chi connectivity index (χ3v) is 6.18. The Morgan fingerprint density at radius 3 is 1.48 bits per heavy atom. The Morgan fingerprint density at radius 2 is 1.11 bits per heavy atom. The molecular formula is C38H44BrMgNO3. The van der Waals surface area contributed by atoms with Crippen LogP contribution < -0.4 is 26.5 Å². The monoisotopic (exact) mass is 665 g/mol. The van der Waals surface area contributed by atoms with E-state index >= 15 is 0 Å². The minimum atomic E-state index is 0. The van der Waals surface area contributed by atoms with E-state index in [9.17, 15) is 4.79 Å². The van der Waals surface area contributed by atoms with Crippen molar-refractivity contribution in [3.05, 3.63) is 138 Å². The van der Waals surface area contributed by atoms with Crippen LogP contribution in [0.15, 0.2) is 109 Å². The van der Waals surface area contributed by atoms with Crippen LogP contribution in [0.2, 0.25) is 0 Å². The fraction of sp³-hybridized carbons (Fsp3) is 0.289. The molecule has 6 heteroatoms. The number of halogens is 1. The van der Waals surface area contributed by atoms with E-state index < -0.39 is 0 Å². The molecule has 0 spiro atoms. The van der Waals surface area contributed by atoms with E-state index in [1.54, 1.807) is 12.1 Å². The summed E-state index contributed by atoms with van der Waals surface area (Å²) in [4.78, 5) is 12.0. The van der Waals surface area contributed by atoms with Crippen molar-refractivity contribution in [1.82, 2.24) is 0 Å². The smallest absolute Gasteiger partial charge is 1.00 e. The van der Waals surface area contributed by atoms with Crippen molar-refractivity contribution in [3.8, 4) is 17.6 Å². The normalized spacial score (nSPS) is 9.59. The summed E-state index contributed by atoms with van der Waals surface area (Å²) in [5.41, 5.74) is 3.68. The van der Waals surface area contributed by atoms with Gasteiger partial charge in [0.15, 0.2) is 5.78 Å². The summed E-state index contributed by atoms with van der Waals surface area (Å²) < 4.78 is 11.3. The van der Waals surface area contributed by atoms with E-state index in [1.807, 2.05) is 97.1 Å². The predicted octanol–water partition coefficient (Wildman–Crippen LogP) is 6.51. The first kappa shape index (κ1) is 40.9. The maximum atomic E-state index is 12.0. The molecule has 0 aromatic heterocycles. The second-order valence-corrected chi connectivity index (χ2v) is 10.7. The van der Waals surface area contributed by atoms with Crippen LogP contribution in [0.5, 0.6) is 11.5 Å². The standard InChI is InChI=1S/C19H22O2.C14H11NO.C5H11.BrH.Mg/c1-15(2)8-13-19(20)17-9-11-18(12-10-17)21-14-16-6-4-3-5-7-16;15-10-12-6-8-14(9-7-12)16-11-13-4-2-1-3-5-13;1-4-5(2)3;;/h3-7,9-12,15H,8,13-14H2,1-2H3;1-9H,11H2;5H,1,4H2,2-3H3;1H;/q;;-1;;+2/p-1. The van der Waals surface area contributed by atoms with Gasteiger partial charge >= 0.3 is 23.1 Å². The molecule has 0 aliphatic carbocycles. The molecule has 4 nitrogen and oxygen atoms in total. The average molecular weight is 667 g/mol. The Morgan fingerprint density at radius 1 is 0.705 bits per heavy atom. The van der Waals surface area contributed by atoms with E-state index in [-0.39, 0.29) is 45.8 Å². The Hall–Kier alpha value is -3.11. The van der Waals surface area contributed by atoms with Crippen molar-refractivity contribution in [2.24, 2.45) is 11.8 Å². The molecule has 4 rings (SSSR count). The molecule has 0 N–H and O–H groups in total. The summed E-state index contributed by atoms with van der Waals surface area (Å²) in [6, 6.07) is 36.6. The Kier molecular flexibility index (Phi) is 22.5. The molecule has 0 saturated heterocycles. The number of Topliss-reactive ketones (excluding diaryl/α,β-unsaturated/α-hetero) is 1. The topological polar surface area (TPSA) is 59.3 Å². The van der Waals surface area contributed by atoms with Gasteiger partial charge in [-0.1, -0.05) is 94.3 Å². The molecule has 0 fully saturated rings. The van der Waals surface area contributed by atoms with Gasteiger partial charge in [0.2, 0.25) is 0 Å². The first-order valence-corrected chi connectivity index (χ1v) is 14.6. The van der Waals surface area contributed by atoms with Gasteiger partial charge in [0, 0.05) is 12.0 Å². The maximum Gasteiger partial charge on any atom is 2.00 e. The van der Waals surface area contributed by atoms with Gasteiger partial charge in [0.1, 0.15) is 24.7 Å². The number of rotatable bonds is 11. The number of hydrogen-bond acceptors (Lipinski definition) is 4. The van der Waals surface area contributed by atoms with Crippen molar-refractivity contribution >= 4 is 28.8 Å². The number of ketones is 1. The molecule has 0 heterocycles. The molecule has 4 aromatic carbocycles. The molecule has 0 bridgehead atoms. The van der Waals surface area contributed by atoms with Gasteiger partial charge in [0.25, 0.3) is 0 Å². The van der Waals surface area contributed by atoms with Gasteiger partial charge in [-0.05, 0) is 72.0 Å². The second kappa shape index (κ2) is 24.2. The molecule has 0 radical (unpaired) electrons. The van der Waals surface area contributed by atoms with Crippen LogP contribution >= 0.6 is 0 Å². The van der Waals surface area contributed by atoms with E-state index in [0.717, 1.165) is 46.9 Å². The van der Waals surface area contributed by atoms with Crippen LogP contribution in [0, 0.1) is 30.1 Å². The van der Waals surface area contributed by atoms with E-state index in [2.05, 4.69) is 40.7 Å². The zero-order chi connectivity index (χ0) is 30.6.